The van der Waals surface area contributed by atoms with Crippen LogP contribution in [0.5, 0.6) is 0 Å². The molecule has 2 aliphatic heterocycles. The molecular formula is C24H38N4O5S. The van der Waals surface area contributed by atoms with E-state index in [0.717, 1.165) is 5.69 Å². The van der Waals surface area contributed by atoms with E-state index in [0.29, 0.717) is 71.0 Å². The minimum absolute atomic E-state index is 0.0584. The van der Waals surface area contributed by atoms with E-state index >= 15 is 0 Å². The molecular weight excluding hydrogens is 456 g/mol. The number of carbonyl (C=O) groups excluding carboxylic acids is 2. The molecule has 2 fully saturated rings. The van der Waals surface area contributed by atoms with Gasteiger partial charge in [-0.15, -0.1) is 0 Å². The van der Waals surface area contributed by atoms with Gasteiger partial charge in [0.25, 0.3) is 0 Å². The van der Waals surface area contributed by atoms with Crippen LogP contribution in [0.3, 0.4) is 0 Å². The van der Waals surface area contributed by atoms with Crippen molar-refractivity contribution < 1.29 is 22.7 Å². The number of rotatable bonds is 8. The fraction of sp³-hybridized carbons (Fsp3) is 0.667. The molecule has 0 spiro atoms. The minimum atomic E-state index is -3.66. The van der Waals surface area contributed by atoms with Crippen LogP contribution in [0.2, 0.25) is 0 Å². The van der Waals surface area contributed by atoms with Gasteiger partial charge >= 0.3 is 0 Å². The van der Waals surface area contributed by atoms with E-state index in [2.05, 4.69) is 10.2 Å². The van der Waals surface area contributed by atoms with E-state index in [1.165, 1.54) is 4.31 Å². The molecule has 0 aliphatic carbocycles. The number of carbonyl (C=O) groups is 2. The van der Waals surface area contributed by atoms with Gasteiger partial charge in [-0.05, 0) is 31.0 Å². The molecule has 2 aliphatic rings. The lowest BCUT2D eigenvalue weighted by Gasteiger charge is -2.33. The third-order valence-corrected chi connectivity index (χ3v) is 8.64. The average molecular weight is 495 g/mol. The largest absolute Gasteiger partial charge is 0.378 e. The maximum atomic E-state index is 13.2. The maximum Gasteiger partial charge on any atom is 0.243 e. The second-order valence-electron chi connectivity index (χ2n) is 9.11. The van der Waals surface area contributed by atoms with Crippen LogP contribution in [-0.2, 0) is 24.3 Å². The van der Waals surface area contributed by atoms with Gasteiger partial charge in [-0.25, -0.2) is 8.42 Å². The predicted molar refractivity (Wildman–Crippen MR) is 132 cm³/mol. The molecule has 34 heavy (non-hydrogen) atoms. The van der Waals surface area contributed by atoms with Crippen LogP contribution in [0.15, 0.2) is 23.1 Å². The molecule has 0 radical (unpaired) electrons. The number of morpholine rings is 1. The van der Waals surface area contributed by atoms with Gasteiger partial charge in [0.15, 0.2) is 0 Å². The molecule has 0 bridgehead atoms. The van der Waals surface area contributed by atoms with Gasteiger partial charge in [-0.3, -0.25) is 9.59 Å². The number of benzene rings is 1. The van der Waals surface area contributed by atoms with E-state index < -0.39 is 10.0 Å². The van der Waals surface area contributed by atoms with E-state index in [1.54, 1.807) is 18.2 Å². The van der Waals surface area contributed by atoms with Crippen LogP contribution in [0.25, 0.3) is 0 Å². The number of ether oxygens (including phenoxy) is 1. The Bertz CT molecular complexity index is 964. The molecule has 2 saturated heterocycles. The number of anilines is 2. The van der Waals surface area contributed by atoms with Gasteiger partial charge < -0.3 is 19.9 Å². The average Bonchev–Trinajstić information content (AvgIpc) is 2.84. The van der Waals surface area contributed by atoms with Crippen LogP contribution >= 0.6 is 0 Å². The fourth-order valence-electron chi connectivity index (χ4n) is 4.53. The summed E-state index contributed by atoms with van der Waals surface area (Å²) >= 11 is 0. The smallest absolute Gasteiger partial charge is 0.243 e. The monoisotopic (exact) mass is 494 g/mol. The van der Waals surface area contributed by atoms with Crippen molar-refractivity contribution in [2.45, 2.75) is 45.4 Å². The molecule has 0 atom stereocenters. The Balaban J connectivity index is 1.83. The SMILES string of the molecule is CCN(CC)S(=O)(=O)c1ccc(N2CCOCC2)c(NC(=O)C2CCN(C(=O)C(C)C)CC2)c1. The van der Waals surface area contributed by atoms with E-state index in [9.17, 15) is 18.0 Å². The Hall–Kier alpha value is -2.17. The highest BCUT2D eigenvalue weighted by Gasteiger charge is 2.30. The summed E-state index contributed by atoms with van der Waals surface area (Å²) in [6.45, 7) is 11.7. The molecule has 1 N–H and O–H groups in total. The molecule has 10 heteroatoms. The number of sulfonamides is 1. The van der Waals surface area contributed by atoms with Crippen molar-refractivity contribution in [3.8, 4) is 0 Å². The van der Waals surface area contributed by atoms with Crippen molar-refractivity contribution in [1.82, 2.24) is 9.21 Å². The molecule has 2 heterocycles. The van der Waals surface area contributed by atoms with Crippen molar-refractivity contribution >= 4 is 33.2 Å². The first-order valence-electron chi connectivity index (χ1n) is 12.3. The predicted octanol–water partition coefficient (Wildman–Crippen LogP) is 2.39. The van der Waals surface area contributed by atoms with Crippen molar-refractivity contribution in [2.24, 2.45) is 11.8 Å². The third-order valence-electron chi connectivity index (χ3n) is 6.59. The molecule has 190 valence electrons. The van der Waals surface area contributed by atoms with Crippen LogP contribution < -0.4 is 10.2 Å². The fourth-order valence-corrected chi connectivity index (χ4v) is 6.02. The van der Waals surface area contributed by atoms with Crippen molar-refractivity contribution in [3.63, 3.8) is 0 Å². The van der Waals surface area contributed by atoms with E-state index in [1.807, 2.05) is 32.6 Å². The summed E-state index contributed by atoms with van der Waals surface area (Å²) in [6, 6.07) is 4.97. The van der Waals surface area contributed by atoms with E-state index in [4.69, 9.17) is 4.74 Å². The van der Waals surface area contributed by atoms with Gasteiger partial charge in [0.2, 0.25) is 21.8 Å². The van der Waals surface area contributed by atoms with Crippen LogP contribution in [-0.4, -0.2) is 81.9 Å². The van der Waals surface area contributed by atoms with Crippen molar-refractivity contribution in [1.29, 1.82) is 0 Å². The summed E-state index contributed by atoms with van der Waals surface area (Å²) in [6.07, 6.45) is 1.18. The highest BCUT2D eigenvalue weighted by atomic mass is 32.2. The van der Waals surface area contributed by atoms with Gasteiger partial charge in [-0.2, -0.15) is 4.31 Å². The first-order chi connectivity index (χ1) is 16.2. The summed E-state index contributed by atoms with van der Waals surface area (Å²) < 4.78 is 33.1. The normalized spacial score (nSPS) is 17.9. The Morgan fingerprint density at radius 2 is 1.71 bits per heavy atom. The Morgan fingerprint density at radius 3 is 2.26 bits per heavy atom. The zero-order valence-corrected chi connectivity index (χ0v) is 21.6. The Labute approximate surface area is 203 Å². The van der Waals surface area contributed by atoms with Gasteiger partial charge in [0.05, 0.1) is 29.5 Å². The van der Waals surface area contributed by atoms with Gasteiger partial charge in [0.1, 0.15) is 0 Å². The Kier molecular flexibility index (Phi) is 8.95. The molecule has 0 unspecified atom stereocenters. The van der Waals surface area contributed by atoms with E-state index in [-0.39, 0.29) is 28.5 Å². The lowest BCUT2D eigenvalue weighted by atomic mass is 9.95. The first-order valence-corrected chi connectivity index (χ1v) is 13.7. The topological polar surface area (TPSA) is 99.3 Å². The molecule has 0 aromatic heterocycles. The molecule has 2 amide bonds. The zero-order chi connectivity index (χ0) is 24.9. The highest BCUT2D eigenvalue weighted by molar-refractivity contribution is 7.89. The number of amides is 2. The summed E-state index contributed by atoms with van der Waals surface area (Å²) in [5.41, 5.74) is 1.29. The standard InChI is InChI=1S/C24H38N4O5S/c1-5-28(6-2)34(31,32)20-7-8-22(26-13-15-33-16-14-26)21(17-20)25-23(29)19-9-11-27(12-10-19)24(30)18(3)4/h7-8,17-19H,5-6,9-16H2,1-4H3,(H,25,29). The number of piperidine rings is 1. The summed E-state index contributed by atoms with van der Waals surface area (Å²) in [4.78, 5) is 29.6. The lowest BCUT2D eigenvalue weighted by Crippen LogP contribution is -2.43. The molecule has 1 aromatic rings. The first kappa shape index (κ1) is 26.4. The zero-order valence-electron chi connectivity index (χ0n) is 20.7. The quantitative estimate of drug-likeness (QED) is 0.596. The minimum Gasteiger partial charge on any atom is -0.378 e. The van der Waals surface area contributed by atoms with Crippen LogP contribution in [0, 0.1) is 11.8 Å². The number of nitrogens with one attached hydrogen (secondary N) is 1. The lowest BCUT2D eigenvalue weighted by molar-refractivity contribution is -0.137. The number of hydrogen-bond acceptors (Lipinski definition) is 6. The van der Waals surface area contributed by atoms with Crippen LogP contribution in [0.1, 0.15) is 40.5 Å². The number of nitrogens with zero attached hydrogens (tertiary/aromatic N) is 3. The maximum absolute atomic E-state index is 13.2. The van der Waals surface area contributed by atoms with Crippen molar-refractivity contribution in [3.05, 3.63) is 18.2 Å². The third kappa shape index (κ3) is 5.90. The molecule has 9 nitrogen and oxygen atoms in total. The number of hydrogen-bond donors (Lipinski definition) is 1. The second-order valence-corrected chi connectivity index (χ2v) is 11.0. The van der Waals surface area contributed by atoms with Gasteiger partial charge in [-0.1, -0.05) is 27.7 Å². The highest BCUT2D eigenvalue weighted by Crippen LogP contribution is 2.32. The summed E-state index contributed by atoms with van der Waals surface area (Å²) in [7, 11) is -3.66. The Morgan fingerprint density at radius 1 is 1.09 bits per heavy atom. The summed E-state index contributed by atoms with van der Waals surface area (Å²) in [5.74, 6) is -0.305. The van der Waals surface area contributed by atoms with Crippen molar-refractivity contribution in [2.75, 3.05) is 62.7 Å². The second kappa shape index (κ2) is 11.5. The molecule has 1 aromatic carbocycles. The summed E-state index contributed by atoms with van der Waals surface area (Å²) in [5, 5.41) is 3.02. The number of likely N-dealkylation sites (tertiary alicyclic amines) is 1. The van der Waals surface area contributed by atoms with Crippen LogP contribution in [0.4, 0.5) is 11.4 Å². The molecule has 0 saturated carbocycles. The van der Waals surface area contributed by atoms with Gasteiger partial charge in [0, 0.05) is 51.1 Å². The molecule has 3 rings (SSSR count).